The van der Waals surface area contributed by atoms with E-state index in [4.69, 9.17) is 16.3 Å². The fourth-order valence-corrected chi connectivity index (χ4v) is 1.58. The van der Waals surface area contributed by atoms with Crippen molar-refractivity contribution in [1.82, 2.24) is 15.6 Å². The Morgan fingerprint density at radius 3 is 2.80 bits per heavy atom. The number of nitrogens with one attached hydrogen (secondary N) is 2. The molecule has 0 spiro atoms. The Bertz CT molecular complexity index is 386. The molecule has 1 aromatic heterocycles. The third kappa shape index (κ3) is 8.55. The first-order valence-corrected chi connectivity index (χ1v) is 6.75. The molecule has 0 aliphatic carbocycles. The van der Waals surface area contributed by atoms with E-state index in [9.17, 15) is 0 Å². The molecule has 0 saturated carbocycles. The molecule has 1 rings (SSSR count). The van der Waals surface area contributed by atoms with Crippen LogP contribution in [0, 0.1) is 0 Å². The van der Waals surface area contributed by atoms with Crippen LogP contribution in [0.5, 0.6) is 0 Å². The molecule has 0 saturated heterocycles. The lowest BCUT2D eigenvalue weighted by Gasteiger charge is -2.11. The van der Waals surface area contributed by atoms with E-state index in [2.05, 4.69) is 20.6 Å². The molecule has 0 bridgehead atoms. The van der Waals surface area contributed by atoms with Crippen LogP contribution in [0.1, 0.15) is 12.5 Å². The number of pyridine rings is 1. The van der Waals surface area contributed by atoms with Crippen molar-refractivity contribution in [1.29, 1.82) is 0 Å². The van der Waals surface area contributed by atoms with Crippen molar-refractivity contribution in [2.75, 3.05) is 33.4 Å². The van der Waals surface area contributed by atoms with Gasteiger partial charge in [0.05, 0.1) is 13.2 Å². The summed E-state index contributed by atoms with van der Waals surface area (Å²) in [7, 11) is 1.67. The van der Waals surface area contributed by atoms with Gasteiger partial charge in [-0.25, -0.2) is 4.98 Å². The highest BCUT2D eigenvalue weighted by Crippen LogP contribution is 2.05. The molecule has 114 valence electrons. The van der Waals surface area contributed by atoms with Gasteiger partial charge in [0.15, 0.2) is 5.96 Å². The maximum absolute atomic E-state index is 5.74. The summed E-state index contributed by atoms with van der Waals surface area (Å²) in [5.41, 5.74) is 1.14. The average molecular weight is 413 g/mol. The Hall–Kier alpha value is -0.600. The fraction of sp³-hybridized carbons (Fsp3) is 0.538. The first-order chi connectivity index (χ1) is 9.26. The van der Waals surface area contributed by atoms with Crippen LogP contribution in [0.15, 0.2) is 23.3 Å². The third-order valence-corrected chi connectivity index (χ3v) is 2.63. The van der Waals surface area contributed by atoms with E-state index in [1.807, 2.05) is 13.0 Å². The van der Waals surface area contributed by atoms with Crippen molar-refractivity contribution >= 4 is 41.5 Å². The van der Waals surface area contributed by atoms with Gasteiger partial charge in [0, 0.05) is 26.4 Å². The average Bonchev–Trinajstić information content (AvgIpc) is 2.41. The van der Waals surface area contributed by atoms with Gasteiger partial charge in [0.2, 0.25) is 0 Å². The summed E-state index contributed by atoms with van der Waals surface area (Å²) in [6.07, 6.45) is 2.66. The molecule has 0 aliphatic heterocycles. The van der Waals surface area contributed by atoms with Crippen LogP contribution in [-0.4, -0.2) is 44.3 Å². The third-order valence-electron chi connectivity index (χ3n) is 2.40. The Labute approximate surface area is 142 Å². The molecule has 0 unspecified atom stereocenters. The highest BCUT2D eigenvalue weighted by atomic mass is 127. The second-order valence-electron chi connectivity index (χ2n) is 3.92. The second-order valence-corrected chi connectivity index (χ2v) is 4.31. The zero-order valence-corrected chi connectivity index (χ0v) is 14.9. The van der Waals surface area contributed by atoms with Crippen molar-refractivity contribution in [3.63, 3.8) is 0 Å². The molecule has 2 N–H and O–H groups in total. The minimum absolute atomic E-state index is 0. The van der Waals surface area contributed by atoms with Gasteiger partial charge in [-0.15, -0.1) is 24.0 Å². The van der Waals surface area contributed by atoms with E-state index >= 15 is 0 Å². The quantitative estimate of drug-likeness (QED) is 0.237. The molecule has 0 amide bonds. The summed E-state index contributed by atoms with van der Waals surface area (Å²) in [5, 5.41) is 6.97. The van der Waals surface area contributed by atoms with Crippen LogP contribution in [-0.2, 0) is 11.2 Å². The number of hydrogen-bond donors (Lipinski definition) is 2. The smallest absolute Gasteiger partial charge is 0.191 e. The topological polar surface area (TPSA) is 58.5 Å². The molecule has 0 aliphatic rings. The van der Waals surface area contributed by atoms with Gasteiger partial charge >= 0.3 is 0 Å². The predicted molar refractivity (Wildman–Crippen MR) is 94.2 cm³/mol. The number of halogens is 2. The SMILES string of the molecule is CCNC(=NCCOC)NCCc1ccc(Cl)nc1.I. The molecule has 0 fully saturated rings. The van der Waals surface area contributed by atoms with E-state index in [0.717, 1.165) is 31.0 Å². The molecule has 0 atom stereocenters. The van der Waals surface area contributed by atoms with Crippen LogP contribution >= 0.6 is 35.6 Å². The summed E-state index contributed by atoms with van der Waals surface area (Å²) in [4.78, 5) is 8.43. The highest BCUT2D eigenvalue weighted by molar-refractivity contribution is 14.0. The van der Waals surface area contributed by atoms with Crippen molar-refractivity contribution in [3.05, 3.63) is 29.0 Å². The summed E-state index contributed by atoms with van der Waals surface area (Å²) in [5.74, 6) is 0.807. The number of ether oxygens (including phenoxy) is 1. The summed E-state index contributed by atoms with van der Waals surface area (Å²) >= 11 is 5.74. The number of rotatable bonds is 7. The number of hydrogen-bond acceptors (Lipinski definition) is 3. The molecule has 5 nitrogen and oxygen atoms in total. The number of guanidine groups is 1. The van der Waals surface area contributed by atoms with Gasteiger partial charge < -0.3 is 15.4 Å². The van der Waals surface area contributed by atoms with Gasteiger partial charge in [-0.2, -0.15) is 0 Å². The Morgan fingerprint density at radius 2 is 2.20 bits per heavy atom. The van der Waals surface area contributed by atoms with Crippen LogP contribution in [0.4, 0.5) is 0 Å². The Morgan fingerprint density at radius 1 is 1.40 bits per heavy atom. The lowest BCUT2D eigenvalue weighted by Crippen LogP contribution is -2.38. The maximum atomic E-state index is 5.74. The first-order valence-electron chi connectivity index (χ1n) is 6.37. The largest absolute Gasteiger partial charge is 0.383 e. The van der Waals surface area contributed by atoms with Gasteiger partial charge in [0.1, 0.15) is 5.15 Å². The predicted octanol–water partition coefficient (Wildman–Crippen LogP) is 2.10. The van der Waals surface area contributed by atoms with E-state index in [1.54, 1.807) is 19.4 Å². The monoisotopic (exact) mass is 412 g/mol. The molecular weight excluding hydrogens is 391 g/mol. The van der Waals surface area contributed by atoms with Crippen LogP contribution in [0.2, 0.25) is 5.15 Å². The van der Waals surface area contributed by atoms with Crippen LogP contribution in [0.3, 0.4) is 0 Å². The van der Waals surface area contributed by atoms with Crippen LogP contribution < -0.4 is 10.6 Å². The second kappa shape index (κ2) is 12.2. The summed E-state index contributed by atoms with van der Waals surface area (Å²) < 4.78 is 4.97. The van der Waals surface area contributed by atoms with Gasteiger partial charge in [-0.05, 0) is 25.0 Å². The van der Waals surface area contributed by atoms with E-state index in [1.165, 1.54) is 0 Å². The van der Waals surface area contributed by atoms with Gasteiger partial charge in [-0.3, -0.25) is 4.99 Å². The highest BCUT2D eigenvalue weighted by Gasteiger charge is 1.98. The van der Waals surface area contributed by atoms with Crippen molar-refractivity contribution in [3.8, 4) is 0 Å². The molecule has 0 aromatic carbocycles. The molecule has 0 radical (unpaired) electrons. The van der Waals surface area contributed by atoms with Crippen molar-refractivity contribution in [2.45, 2.75) is 13.3 Å². The molecular formula is C13H22ClIN4O. The molecule has 7 heteroatoms. The first kappa shape index (κ1) is 19.4. The Kier molecular flexibility index (Phi) is 11.8. The number of aromatic nitrogens is 1. The zero-order chi connectivity index (χ0) is 13.9. The number of aliphatic imine (C=N–C) groups is 1. The number of nitrogens with zero attached hydrogens (tertiary/aromatic N) is 2. The van der Waals surface area contributed by atoms with E-state index in [-0.39, 0.29) is 24.0 Å². The molecule has 1 aromatic rings. The molecule has 20 heavy (non-hydrogen) atoms. The summed E-state index contributed by atoms with van der Waals surface area (Å²) in [6.45, 7) is 4.94. The standard InChI is InChI=1S/C13H21ClN4O.HI/c1-3-15-13(17-8-9-19-2)16-7-6-11-4-5-12(14)18-10-11;/h4-5,10H,3,6-9H2,1-2H3,(H2,15,16,17);1H. The van der Waals surface area contributed by atoms with Gasteiger partial charge in [0.25, 0.3) is 0 Å². The van der Waals surface area contributed by atoms with Gasteiger partial charge in [-0.1, -0.05) is 17.7 Å². The lowest BCUT2D eigenvalue weighted by molar-refractivity contribution is 0.208. The van der Waals surface area contributed by atoms with E-state index < -0.39 is 0 Å². The molecule has 1 heterocycles. The lowest BCUT2D eigenvalue weighted by atomic mass is 10.2. The van der Waals surface area contributed by atoms with Crippen molar-refractivity contribution < 1.29 is 4.74 Å². The minimum atomic E-state index is 0. The zero-order valence-electron chi connectivity index (χ0n) is 11.9. The minimum Gasteiger partial charge on any atom is -0.383 e. The van der Waals surface area contributed by atoms with E-state index in [0.29, 0.717) is 18.3 Å². The van der Waals surface area contributed by atoms with Crippen molar-refractivity contribution in [2.24, 2.45) is 4.99 Å². The maximum Gasteiger partial charge on any atom is 0.191 e. The summed E-state index contributed by atoms with van der Waals surface area (Å²) in [6, 6.07) is 3.78. The fourth-order valence-electron chi connectivity index (χ4n) is 1.47. The van der Waals surface area contributed by atoms with Crippen LogP contribution in [0.25, 0.3) is 0 Å². The Balaban J connectivity index is 0.00000361. The number of methoxy groups -OCH3 is 1. The normalized spacial score (nSPS) is 10.8.